The second-order valence-corrected chi connectivity index (χ2v) is 8.28. The zero-order valence-electron chi connectivity index (χ0n) is 15.7. The molecule has 2 nitrogen and oxygen atoms in total. The van der Waals surface area contributed by atoms with E-state index in [1.807, 2.05) is 11.8 Å². The van der Waals surface area contributed by atoms with Crippen LogP contribution in [0.4, 0.5) is 22.7 Å². The fraction of sp³-hybridized carbons (Fsp3) is 0.217. The van der Waals surface area contributed by atoms with Crippen LogP contribution < -0.4 is 9.80 Å². The van der Waals surface area contributed by atoms with Gasteiger partial charge in [0.1, 0.15) is 0 Å². The topological polar surface area (TPSA) is 6.48 Å². The summed E-state index contributed by atoms with van der Waals surface area (Å²) in [5.41, 5.74) is 6.29. The molecule has 0 atom stereocenters. The van der Waals surface area contributed by atoms with Crippen molar-refractivity contribution in [3.05, 3.63) is 72.3 Å². The summed E-state index contributed by atoms with van der Waals surface area (Å²) in [6.07, 6.45) is 0. The Balaban J connectivity index is 1.88. The molecule has 3 aromatic rings. The molecule has 0 aromatic heterocycles. The maximum Gasteiger partial charge on any atom is 0.0622 e. The summed E-state index contributed by atoms with van der Waals surface area (Å²) in [7, 11) is 4.18. The maximum absolute atomic E-state index is 2.39. The lowest BCUT2D eigenvalue weighted by Crippen LogP contribution is -2.16. The average Bonchev–Trinajstić information content (AvgIpc) is 2.65. The molecular formula is C23H24N2S. The molecule has 26 heavy (non-hydrogen) atoms. The Bertz CT molecular complexity index is 929. The van der Waals surface area contributed by atoms with Crippen LogP contribution in [-0.2, 0) is 0 Å². The number of anilines is 4. The minimum Gasteiger partial charge on any atom is -0.378 e. The zero-order chi connectivity index (χ0) is 18.3. The van der Waals surface area contributed by atoms with Gasteiger partial charge < -0.3 is 9.80 Å². The Morgan fingerprint density at radius 3 is 2.19 bits per heavy atom. The van der Waals surface area contributed by atoms with Crippen LogP contribution in [0.15, 0.2) is 76.5 Å². The fourth-order valence-corrected chi connectivity index (χ4v) is 4.35. The predicted molar refractivity (Wildman–Crippen MR) is 114 cm³/mol. The van der Waals surface area contributed by atoms with Gasteiger partial charge in [0.15, 0.2) is 0 Å². The van der Waals surface area contributed by atoms with Crippen molar-refractivity contribution >= 4 is 34.5 Å². The molecular weight excluding hydrogens is 336 g/mol. The highest BCUT2D eigenvalue weighted by atomic mass is 32.2. The number of hydrogen-bond donors (Lipinski definition) is 0. The van der Waals surface area contributed by atoms with E-state index in [4.69, 9.17) is 0 Å². The minimum absolute atomic E-state index is 0.542. The molecule has 1 heterocycles. The van der Waals surface area contributed by atoms with Crippen LogP contribution in [0.1, 0.15) is 25.3 Å². The number of rotatable bonds is 3. The van der Waals surface area contributed by atoms with E-state index in [1.54, 1.807) is 0 Å². The fourth-order valence-electron chi connectivity index (χ4n) is 3.31. The normalized spacial score (nSPS) is 12.7. The molecule has 0 fully saturated rings. The first-order valence-electron chi connectivity index (χ1n) is 9.03. The van der Waals surface area contributed by atoms with Crippen LogP contribution in [0, 0.1) is 0 Å². The van der Waals surface area contributed by atoms with E-state index in [9.17, 15) is 0 Å². The zero-order valence-corrected chi connectivity index (χ0v) is 16.5. The van der Waals surface area contributed by atoms with Gasteiger partial charge in [-0.25, -0.2) is 0 Å². The highest BCUT2D eigenvalue weighted by molar-refractivity contribution is 7.99. The van der Waals surface area contributed by atoms with E-state index >= 15 is 0 Å². The molecule has 3 aromatic carbocycles. The smallest absolute Gasteiger partial charge is 0.0622 e. The maximum atomic E-state index is 2.39. The van der Waals surface area contributed by atoms with E-state index in [0.717, 1.165) is 0 Å². The molecule has 0 bridgehead atoms. The van der Waals surface area contributed by atoms with Crippen molar-refractivity contribution < 1.29 is 0 Å². The van der Waals surface area contributed by atoms with Crippen molar-refractivity contribution in [2.75, 3.05) is 23.9 Å². The second kappa shape index (κ2) is 6.73. The van der Waals surface area contributed by atoms with Crippen molar-refractivity contribution in [3.8, 4) is 0 Å². The van der Waals surface area contributed by atoms with Gasteiger partial charge in [0.05, 0.1) is 11.4 Å². The summed E-state index contributed by atoms with van der Waals surface area (Å²) in [6.45, 7) is 4.47. The van der Waals surface area contributed by atoms with Crippen LogP contribution in [0.25, 0.3) is 0 Å². The summed E-state index contributed by atoms with van der Waals surface area (Å²) in [4.78, 5) is 7.14. The van der Waals surface area contributed by atoms with Gasteiger partial charge >= 0.3 is 0 Å². The first-order valence-corrected chi connectivity index (χ1v) is 9.84. The van der Waals surface area contributed by atoms with Gasteiger partial charge in [-0.2, -0.15) is 0 Å². The summed E-state index contributed by atoms with van der Waals surface area (Å²) in [5, 5.41) is 0. The molecule has 1 aliphatic heterocycles. The molecule has 3 heteroatoms. The number of nitrogens with zero attached hydrogens (tertiary/aromatic N) is 2. The largest absolute Gasteiger partial charge is 0.378 e. The van der Waals surface area contributed by atoms with Gasteiger partial charge in [-0.3, -0.25) is 0 Å². The molecule has 0 radical (unpaired) electrons. The van der Waals surface area contributed by atoms with E-state index in [0.29, 0.717) is 5.92 Å². The number of hydrogen-bond acceptors (Lipinski definition) is 3. The van der Waals surface area contributed by atoms with Gasteiger partial charge in [-0.1, -0.05) is 49.9 Å². The summed E-state index contributed by atoms with van der Waals surface area (Å²) in [5.74, 6) is 0.542. The summed E-state index contributed by atoms with van der Waals surface area (Å²) in [6, 6.07) is 24.4. The van der Waals surface area contributed by atoms with Crippen LogP contribution in [0.2, 0.25) is 0 Å². The molecule has 0 saturated carbocycles. The van der Waals surface area contributed by atoms with Gasteiger partial charge in [-0.15, -0.1) is 0 Å². The molecule has 132 valence electrons. The minimum atomic E-state index is 0.542. The molecule has 0 amide bonds. The van der Waals surface area contributed by atoms with Crippen LogP contribution >= 0.6 is 11.8 Å². The van der Waals surface area contributed by atoms with Crippen molar-refractivity contribution in [1.29, 1.82) is 0 Å². The summed E-state index contributed by atoms with van der Waals surface area (Å²) < 4.78 is 0. The molecule has 0 aliphatic carbocycles. The van der Waals surface area contributed by atoms with E-state index in [1.165, 1.54) is 38.1 Å². The lowest BCUT2D eigenvalue weighted by molar-refractivity contribution is 0.866. The third kappa shape index (κ3) is 2.97. The third-order valence-electron chi connectivity index (χ3n) is 4.84. The highest BCUT2D eigenvalue weighted by Crippen LogP contribution is 2.52. The van der Waals surface area contributed by atoms with Crippen LogP contribution in [0.3, 0.4) is 0 Å². The molecule has 0 unspecified atom stereocenters. The van der Waals surface area contributed by atoms with Crippen molar-refractivity contribution in [3.63, 3.8) is 0 Å². The third-order valence-corrected chi connectivity index (χ3v) is 5.97. The average molecular weight is 361 g/mol. The number of para-hydroxylation sites is 1. The predicted octanol–water partition coefficient (Wildman–Crippen LogP) is 6.81. The SMILES string of the molecule is CC(C)c1ccc(N2c3ccccc3Sc3ccc(N(C)C)cc32)cc1. The molecule has 0 N–H and O–H groups in total. The van der Waals surface area contributed by atoms with Gasteiger partial charge in [0, 0.05) is 35.3 Å². The Labute approximate surface area is 160 Å². The van der Waals surface area contributed by atoms with E-state index in [-0.39, 0.29) is 0 Å². The monoisotopic (exact) mass is 360 g/mol. The quantitative estimate of drug-likeness (QED) is 0.396. The van der Waals surface area contributed by atoms with Gasteiger partial charge in [0.25, 0.3) is 0 Å². The lowest BCUT2D eigenvalue weighted by atomic mass is 10.0. The van der Waals surface area contributed by atoms with Crippen LogP contribution in [0.5, 0.6) is 0 Å². The molecule has 0 spiro atoms. The second-order valence-electron chi connectivity index (χ2n) is 7.20. The van der Waals surface area contributed by atoms with E-state index < -0.39 is 0 Å². The summed E-state index contributed by atoms with van der Waals surface area (Å²) >= 11 is 1.85. The number of benzene rings is 3. The van der Waals surface area contributed by atoms with E-state index in [2.05, 4.69) is 104 Å². The first kappa shape index (κ1) is 17.0. The van der Waals surface area contributed by atoms with Crippen LogP contribution in [-0.4, -0.2) is 14.1 Å². The van der Waals surface area contributed by atoms with Crippen molar-refractivity contribution in [1.82, 2.24) is 0 Å². The lowest BCUT2D eigenvalue weighted by Gasteiger charge is -2.33. The first-order chi connectivity index (χ1) is 12.5. The van der Waals surface area contributed by atoms with Crippen molar-refractivity contribution in [2.45, 2.75) is 29.6 Å². The Morgan fingerprint density at radius 1 is 0.808 bits per heavy atom. The van der Waals surface area contributed by atoms with Crippen molar-refractivity contribution in [2.24, 2.45) is 0 Å². The molecule has 1 aliphatic rings. The van der Waals surface area contributed by atoms with Gasteiger partial charge in [-0.05, 0) is 53.9 Å². The Morgan fingerprint density at radius 2 is 1.50 bits per heavy atom. The molecule has 0 saturated heterocycles. The Hall–Kier alpha value is -2.39. The van der Waals surface area contributed by atoms with Gasteiger partial charge in [0.2, 0.25) is 0 Å². The number of fused-ring (bicyclic) bond motifs is 2. The Kier molecular flexibility index (Phi) is 4.41. The standard InChI is InChI=1S/C23H24N2S/c1-16(2)17-9-11-18(12-10-17)25-20-7-5-6-8-22(20)26-23-14-13-19(24(3)4)15-21(23)25/h5-16H,1-4H3. The molecule has 4 rings (SSSR count). The highest BCUT2D eigenvalue weighted by Gasteiger charge is 2.25.